The number of hydrogen-bond donors (Lipinski definition) is 0. The zero-order chi connectivity index (χ0) is 10.5. The number of nitrogens with zero attached hydrogens (tertiary/aromatic N) is 2. The van der Waals surface area contributed by atoms with Crippen LogP contribution in [0.5, 0.6) is 0 Å². The van der Waals surface area contributed by atoms with Crippen LogP contribution in [0.4, 0.5) is 0 Å². The minimum absolute atomic E-state index is 0.0249. The molecule has 0 aromatic heterocycles. The Kier molecular flexibility index (Phi) is 4.30. The SMILES string of the molecule is CCOC(=O)C(=[N+]=[N-])S(=O)(=O)CC. The topological polar surface area (TPSA) is 96.8 Å². The van der Waals surface area contributed by atoms with Crippen LogP contribution in [0, 0.1) is 0 Å². The van der Waals surface area contributed by atoms with Crippen LogP contribution < -0.4 is 0 Å². The van der Waals surface area contributed by atoms with Gasteiger partial charge in [0, 0.05) is 0 Å². The second kappa shape index (κ2) is 4.74. The maximum absolute atomic E-state index is 11.1. The standard InChI is InChI=1S/C6H10N2O4S/c1-3-12-6(9)5(8-7)13(10,11)4-2/h3-4H2,1-2H3. The third kappa shape index (κ3) is 2.96. The van der Waals surface area contributed by atoms with Gasteiger partial charge in [-0.15, -0.1) is 4.79 Å². The Labute approximate surface area is 76.0 Å². The number of esters is 1. The monoisotopic (exact) mass is 206 g/mol. The summed E-state index contributed by atoms with van der Waals surface area (Å²) < 4.78 is 26.5. The Hall–Kier alpha value is -1.20. The summed E-state index contributed by atoms with van der Waals surface area (Å²) in [7, 11) is -3.81. The van der Waals surface area contributed by atoms with Crippen molar-refractivity contribution in [3.8, 4) is 0 Å². The molecular formula is C6H10N2O4S. The van der Waals surface area contributed by atoms with Crippen molar-refractivity contribution >= 4 is 20.9 Å². The fourth-order valence-corrected chi connectivity index (χ4v) is 1.27. The van der Waals surface area contributed by atoms with Gasteiger partial charge >= 0.3 is 11.0 Å². The van der Waals surface area contributed by atoms with Gasteiger partial charge in [-0.05, 0) is 6.92 Å². The van der Waals surface area contributed by atoms with Crippen LogP contribution in [0.2, 0.25) is 0 Å². The van der Waals surface area contributed by atoms with Gasteiger partial charge < -0.3 is 10.3 Å². The summed E-state index contributed by atoms with van der Waals surface area (Å²) in [5, 5.41) is -0.947. The van der Waals surface area contributed by atoms with Crippen LogP contribution in [0.1, 0.15) is 13.8 Å². The molecule has 0 aliphatic carbocycles. The minimum atomic E-state index is -3.81. The molecule has 0 aromatic rings. The number of carbonyl (C=O) groups excluding carboxylic acids is 1. The summed E-state index contributed by atoms with van der Waals surface area (Å²) in [5.41, 5.74) is 8.30. The van der Waals surface area contributed by atoms with E-state index in [4.69, 9.17) is 5.53 Å². The van der Waals surface area contributed by atoms with Gasteiger partial charge in [0.1, 0.15) is 0 Å². The lowest BCUT2D eigenvalue weighted by molar-refractivity contribution is -0.138. The Morgan fingerprint density at radius 2 is 2.00 bits per heavy atom. The van der Waals surface area contributed by atoms with E-state index in [0.29, 0.717) is 0 Å². The maximum atomic E-state index is 11.1. The molecule has 0 aromatic carbocycles. The molecule has 0 heterocycles. The van der Waals surface area contributed by atoms with Crippen LogP contribution in [-0.2, 0) is 19.4 Å². The molecule has 0 fully saturated rings. The Morgan fingerprint density at radius 3 is 2.31 bits per heavy atom. The van der Waals surface area contributed by atoms with E-state index >= 15 is 0 Å². The van der Waals surface area contributed by atoms with Crippen molar-refractivity contribution in [3.63, 3.8) is 0 Å². The van der Waals surface area contributed by atoms with E-state index in [0.717, 1.165) is 0 Å². The van der Waals surface area contributed by atoms with Gasteiger partial charge in [-0.1, -0.05) is 6.92 Å². The molecule has 0 aliphatic rings. The molecule has 7 heteroatoms. The Bertz CT molecular complexity index is 340. The van der Waals surface area contributed by atoms with Gasteiger partial charge in [-0.25, -0.2) is 13.2 Å². The van der Waals surface area contributed by atoms with Gasteiger partial charge in [0.05, 0.1) is 12.4 Å². The summed E-state index contributed by atoms with van der Waals surface area (Å²) in [5.74, 6) is -1.45. The number of hydrogen-bond acceptors (Lipinski definition) is 4. The number of ether oxygens (including phenoxy) is 1. The third-order valence-electron chi connectivity index (χ3n) is 1.22. The van der Waals surface area contributed by atoms with E-state index in [1.807, 2.05) is 0 Å². The van der Waals surface area contributed by atoms with Crippen LogP contribution in [-0.4, -0.2) is 36.6 Å². The molecule has 0 saturated heterocycles. The zero-order valence-corrected chi connectivity index (χ0v) is 8.17. The van der Waals surface area contributed by atoms with E-state index in [2.05, 4.69) is 9.53 Å². The predicted molar refractivity (Wildman–Crippen MR) is 44.7 cm³/mol. The van der Waals surface area contributed by atoms with Gasteiger partial charge in [0.15, 0.2) is 0 Å². The van der Waals surface area contributed by atoms with E-state index < -0.39 is 20.9 Å². The first-order chi connectivity index (χ1) is 5.99. The highest BCUT2D eigenvalue weighted by Gasteiger charge is 2.35. The molecule has 0 amide bonds. The van der Waals surface area contributed by atoms with Crippen LogP contribution >= 0.6 is 0 Å². The minimum Gasteiger partial charge on any atom is -0.457 e. The molecule has 0 atom stereocenters. The lowest BCUT2D eigenvalue weighted by Gasteiger charge is -1.96. The predicted octanol–water partition coefficient (Wildman–Crippen LogP) is -0.388. The highest BCUT2D eigenvalue weighted by Crippen LogP contribution is 1.94. The fourth-order valence-electron chi connectivity index (χ4n) is 0.560. The second-order valence-corrected chi connectivity index (χ2v) is 4.22. The van der Waals surface area contributed by atoms with Crippen molar-refractivity contribution in [1.29, 1.82) is 0 Å². The smallest absolute Gasteiger partial charge is 0.457 e. The molecule has 0 spiro atoms. The van der Waals surface area contributed by atoms with Gasteiger partial charge in [-0.2, -0.15) is 0 Å². The van der Waals surface area contributed by atoms with E-state index in [9.17, 15) is 13.2 Å². The first-order valence-corrected chi connectivity index (χ1v) is 5.26. The summed E-state index contributed by atoms with van der Waals surface area (Å²) in [4.78, 5) is 13.3. The average Bonchev–Trinajstić information content (AvgIpc) is 2.05. The van der Waals surface area contributed by atoms with Crippen LogP contribution in [0.15, 0.2) is 0 Å². The molecule has 6 nitrogen and oxygen atoms in total. The molecule has 0 unspecified atom stereocenters. The second-order valence-electron chi connectivity index (χ2n) is 2.03. The summed E-state index contributed by atoms with van der Waals surface area (Å²) in [6.45, 7) is 2.88. The van der Waals surface area contributed by atoms with E-state index in [-0.39, 0.29) is 12.4 Å². The van der Waals surface area contributed by atoms with Crippen molar-refractivity contribution in [1.82, 2.24) is 0 Å². The number of sulfone groups is 1. The molecule has 0 bridgehead atoms. The van der Waals surface area contributed by atoms with E-state index in [1.165, 1.54) is 13.8 Å². The highest BCUT2D eigenvalue weighted by molar-refractivity contribution is 8.07. The molecule has 0 saturated carbocycles. The van der Waals surface area contributed by atoms with Crippen LogP contribution in [0.3, 0.4) is 0 Å². The first-order valence-electron chi connectivity index (χ1n) is 3.61. The van der Waals surface area contributed by atoms with Crippen molar-refractivity contribution in [2.45, 2.75) is 13.8 Å². The van der Waals surface area contributed by atoms with Crippen molar-refractivity contribution < 1.29 is 22.7 Å². The van der Waals surface area contributed by atoms with Crippen LogP contribution in [0.25, 0.3) is 5.53 Å². The van der Waals surface area contributed by atoms with Crippen molar-refractivity contribution in [2.24, 2.45) is 0 Å². The van der Waals surface area contributed by atoms with Crippen molar-refractivity contribution in [2.75, 3.05) is 12.4 Å². The van der Waals surface area contributed by atoms with Gasteiger partial charge in [-0.3, -0.25) is 0 Å². The molecule has 0 radical (unpaired) electrons. The number of carbonyl (C=O) groups is 1. The largest absolute Gasteiger partial charge is 0.488 e. The molecule has 0 N–H and O–H groups in total. The molecule has 13 heavy (non-hydrogen) atoms. The normalized spacial score (nSPS) is 10.3. The lowest BCUT2D eigenvalue weighted by atomic mass is 10.7. The molecular weight excluding hydrogens is 196 g/mol. The maximum Gasteiger partial charge on any atom is 0.488 e. The third-order valence-corrected chi connectivity index (χ3v) is 2.81. The van der Waals surface area contributed by atoms with Gasteiger partial charge in [0.2, 0.25) is 0 Å². The fraction of sp³-hybridized carbons (Fsp3) is 0.667. The Morgan fingerprint density at radius 1 is 1.46 bits per heavy atom. The van der Waals surface area contributed by atoms with Gasteiger partial charge in [0.25, 0.3) is 9.84 Å². The quantitative estimate of drug-likeness (QED) is 0.202. The lowest BCUT2D eigenvalue weighted by Crippen LogP contribution is -2.28. The molecule has 0 aliphatic heterocycles. The summed E-state index contributed by atoms with van der Waals surface area (Å²) in [6, 6.07) is 0. The summed E-state index contributed by atoms with van der Waals surface area (Å²) in [6.07, 6.45) is 0. The molecule has 0 rings (SSSR count). The zero-order valence-electron chi connectivity index (χ0n) is 7.35. The van der Waals surface area contributed by atoms with Crippen molar-refractivity contribution in [3.05, 3.63) is 5.53 Å². The highest BCUT2D eigenvalue weighted by atomic mass is 32.2. The first kappa shape index (κ1) is 11.8. The Balaban J connectivity index is 4.97. The summed E-state index contributed by atoms with van der Waals surface area (Å²) >= 11 is 0. The average molecular weight is 206 g/mol. The number of rotatable bonds is 2. The molecule has 74 valence electrons. The van der Waals surface area contributed by atoms with E-state index in [1.54, 1.807) is 0 Å².